The monoisotopic (exact) mass is 259 g/mol. The van der Waals surface area contributed by atoms with Gasteiger partial charge in [-0.05, 0) is 42.8 Å². The highest BCUT2D eigenvalue weighted by Crippen LogP contribution is 2.27. The van der Waals surface area contributed by atoms with Crippen molar-refractivity contribution < 1.29 is 4.79 Å². The number of hydrogen-bond acceptors (Lipinski definition) is 3. The van der Waals surface area contributed by atoms with E-state index in [9.17, 15) is 4.79 Å². The van der Waals surface area contributed by atoms with E-state index in [1.807, 2.05) is 19.2 Å². The van der Waals surface area contributed by atoms with Crippen molar-refractivity contribution in [3.8, 4) is 0 Å². The van der Waals surface area contributed by atoms with Crippen molar-refractivity contribution in [1.29, 1.82) is 0 Å². The molecule has 91 valence electrons. The number of aliphatic imine (C=N–C) groups is 1. The Morgan fingerprint density at radius 2 is 2.17 bits per heavy atom. The lowest BCUT2D eigenvalue weighted by Crippen LogP contribution is -2.05. The molecule has 1 aliphatic rings. The number of benzene rings is 1. The van der Waals surface area contributed by atoms with Crippen molar-refractivity contribution in [2.75, 3.05) is 12.4 Å². The average Bonchev–Trinajstić information content (AvgIpc) is 2.34. The zero-order valence-electron chi connectivity index (χ0n) is 10.1. The molecule has 4 heteroatoms. The van der Waals surface area contributed by atoms with Crippen molar-refractivity contribution in [2.45, 2.75) is 6.92 Å². The Kier molecular flexibility index (Phi) is 3.63. The molecule has 1 aromatic rings. The fourth-order valence-corrected chi connectivity index (χ4v) is 1.82. The van der Waals surface area contributed by atoms with Crippen molar-refractivity contribution in [3.05, 3.63) is 47.0 Å². The highest BCUT2D eigenvalue weighted by molar-refractivity contribution is 6.33. The van der Waals surface area contributed by atoms with E-state index in [1.54, 1.807) is 19.1 Å². The lowest BCUT2D eigenvalue weighted by atomic mass is 10.1. The molecule has 0 aliphatic heterocycles. The van der Waals surface area contributed by atoms with Gasteiger partial charge >= 0.3 is 0 Å². The summed E-state index contributed by atoms with van der Waals surface area (Å²) in [6.07, 6.45) is 5.95. The van der Waals surface area contributed by atoms with Crippen LogP contribution in [0, 0.1) is 6.08 Å². The third-order valence-corrected chi connectivity index (χ3v) is 2.88. The maximum absolute atomic E-state index is 11.3. The Hall–Kier alpha value is -1.87. The molecule has 2 rings (SSSR count). The first-order valence-electron chi connectivity index (χ1n) is 5.48. The number of allylic oxidation sites excluding steroid dienone is 4. The van der Waals surface area contributed by atoms with Gasteiger partial charge in [0.05, 0.1) is 22.1 Å². The minimum atomic E-state index is -0.0301. The number of carbonyl (C=O) groups excluding carboxylic acids is 1. The standard InChI is InChI=1S/C14H12ClN2O/c1-9-7-10(4-6-14(9)18)17-11-3-5-13(16-2)12(15)8-11/h3,5-8,16H,1-2H3. The third-order valence-electron chi connectivity index (χ3n) is 2.56. The lowest BCUT2D eigenvalue weighted by Gasteiger charge is -2.05. The van der Waals surface area contributed by atoms with Crippen LogP contribution in [0.1, 0.15) is 6.92 Å². The lowest BCUT2D eigenvalue weighted by molar-refractivity contribution is -0.111. The normalized spacial score (nSPS) is 16.9. The van der Waals surface area contributed by atoms with Gasteiger partial charge in [-0.25, -0.2) is 4.99 Å². The van der Waals surface area contributed by atoms with Crippen molar-refractivity contribution in [2.24, 2.45) is 4.99 Å². The Morgan fingerprint density at radius 1 is 1.39 bits per heavy atom. The number of nitrogens with one attached hydrogen (secondary N) is 1. The minimum Gasteiger partial charge on any atom is -0.387 e. The van der Waals surface area contributed by atoms with Crippen LogP contribution in [0.15, 0.2) is 40.9 Å². The number of anilines is 1. The molecule has 0 spiro atoms. The first-order chi connectivity index (χ1) is 8.60. The molecule has 0 saturated carbocycles. The molecule has 3 nitrogen and oxygen atoms in total. The van der Waals surface area contributed by atoms with Crippen LogP contribution in [0.4, 0.5) is 11.4 Å². The third kappa shape index (κ3) is 2.68. The van der Waals surface area contributed by atoms with E-state index in [0.717, 1.165) is 11.4 Å². The highest BCUT2D eigenvalue weighted by Gasteiger charge is 2.08. The summed E-state index contributed by atoms with van der Waals surface area (Å²) in [5.41, 5.74) is 2.87. The quantitative estimate of drug-likeness (QED) is 0.828. The Balaban J connectivity index is 2.32. The van der Waals surface area contributed by atoms with Crippen LogP contribution >= 0.6 is 11.6 Å². The summed E-state index contributed by atoms with van der Waals surface area (Å²) in [6.45, 7) is 1.76. The van der Waals surface area contributed by atoms with Gasteiger partial charge < -0.3 is 5.32 Å². The van der Waals surface area contributed by atoms with E-state index in [2.05, 4.69) is 16.4 Å². The van der Waals surface area contributed by atoms with E-state index in [4.69, 9.17) is 11.6 Å². The van der Waals surface area contributed by atoms with Crippen molar-refractivity contribution in [1.82, 2.24) is 0 Å². The van der Waals surface area contributed by atoms with E-state index in [0.29, 0.717) is 16.3 Å². The number of ketones is 1. The molecule has 0 saturated heterocycles. The zero-order valence-corrected chi connectivity index (χ0v) is 10.9. The first-order valence-corrected chi connectivity index (χ1v) is 5.86. The number of rotatable bonds is 2. The summed E-state index contributed by atoms with van der Waals surface area (Å²) in [5.74, 6) is -0.0301. The molecule has 0 bridgehead atoms. The van der Waals surface area contributed by atoms with Gasteiger partial charge in [-0.2, -0.15) is 0 Å². The fraction of sp³-hybridized carbons (Fsp3) is 0.143. The second kappa shape index (κ2) is 5.19. The highest BCUT2D eigenvalue weighted by atomic mass is 35.5. The van der Waals surface area contributed by atoms with Gasteiger partial charge in [-0.1, -0.05) is 11.6 Å². The largest absolute Gasteiger partial charge is 0.387 e. The molecule has 0 atom stereocenters. The van der Waals surface area contributed by atoms with Crippen LogP contribution in [0.25, 0.3) is 0 Å². The van der Waals surface area contributed by atoms with E-state index in [1.165, 1.54) is 6.08 Å². The molecule has 1 aliphatic carbocycles. The number of halogens is 1. The first kappa shape index (κ1) is 12.6. The molecule has 1 radical (unpaired) electrons. The SMILES string of the molecule is CNc1ccc(N=C2[C]=CC(=O)C(C)=C2)cc1Cl. The number of nitrogens with zero attached hydrogens (tertiary/aromatic N) is 1. The molecule has 0 aromatic heterocycles. The summed E-state index contributed by atoms with van der Waals surface area (Å²) in [6, 6.07) is 5.48. The summed E-state index contributed by atoms with van der Waals surface area (Å²) < 4.78 is 0. The van der Waals surface area contributed by atoms with Gasteiger partial charge in [0.25, 0.3) is 0 Å². The van der Waals surface area contributed by atoms with Crippen LogP contribution in [0.5, 0.6) is 0 Å². The summed E-state index contributed by atoms with van der Waals surface area (Å²) in [5, 5.41) is 3.59. The number of carbonyl (C=O) groups is 1. The van der Waals surface area contributed by atoms with Crippen LogP contribution in [0.3, 0.4) is 0 Å². The van der Waals surface area contributed by atoms with Gasteiger partial charge in [0.15, 0.2) is 5.78 Å². The summed E-state index contributed by atoms with van der Waals surface area (Å²) in [7, 11) is 1.81. The maximum atomic E-state index is 11.3. The Labute approximate surface area is 111 Å². The minimum absolute atomic E-state index is 0.0301. The zero-order chi connectivity index (χ0) is 13.1. The number of hydrogen-bond donors (Lipinski definition) is 1. The second-order valence-corrected chi connectivity index (χ2v) is 4.30. The predicted octanol–water partition coefficient (Wildman–Crippen LogP) is 3.34. The molecule has 0 unspecified atom stereocenters. The predicted molar refractivity (Wildman–Crippen MR) is 74.7 cm³/mol. The van der Waals surface area contributed by atoms with Crippen molar-refractivity contribution >= 4 is 34.5 Å². The topological polar surface area (TPSA) is 41.5 Å². The van der Waals surface area contributed by atoms with Crippen LogP contribution in [0.2, 0.25) is 5.02 Å². The fourth-order valence-electron chi connectivity index (χ4n) is 1.55. The van der Waals surface area contributed by atoms with Gasteiger partial charge in [-0.3, -0.25) is 4.79 Å². The van der Waals surface area contributed by atoms with Gasteiger partial charge in [0.2, 0.25) is 0 Å². The maximum Gasteiger partial charge on any atom is 0.182 e. The summed E-state index contributed by atoms with van der Waals surface area (Å²) in [4.78, 5) is 15.6. The molecule has 0 fully saturated rings. The molecule has 0 heterocycles. The van der Waals surface area contributed by atoms with Gasteiger partial charge in [0, 0.05) is 13.1 Å². The molecule has 18 heavy (non-hydrogen) atoms. The van der Waals surface area contributed by atoms with Gasteiger partial charge in [-0.15, -0.1) is 0 Å². The van der Waals surface area contributed by atoms with Crippen LogP contribution in [-0.4, -0.2) is 18.5 Å². The molecular formula is C14H12ClN2O. The molecular weight excluding hydrogens is 248 g/mol. The average molecular weight is 260 g/mol. The Bertz CT molecular complexity index is 585. The smallest absolute Gasteiger partial charge is 0.182 e. The van der Waals surface area contributed by atoms with Crippen molar-refractivity contribution in [3.63, 3.8) is 0 Å². The van der Waals surface area contributed by atoms with Gasteiger partial charge in [0.1, 0.15) is 0 Å². The van der Waals surface area contributed by atoms with E-state index in [-0.39, 0.29) is 5.78 Å². The second-order valence-electron chi connectivity index (χ2n) is 3.89. The molecule has 1 aromatic carbocycles. The molecule has 1 N–H and O–H groups in total. The van der Waals surface area contributed by atoms with E-state index < -0.39 is 0 Å². The van der Waals surface area contributed by atoms with Crippen LogP contribution in [-0.2, 0) is 4.79 Å². The molecule has 0 amide bonds. The Morgan fingerprint density at radius 3 is 2.78 bits per heavy atom. The summed E-state index contributed by atoms with van der Waals surface area (Å²) >= 11 is 6.07. The van der Waals surface area contributed by atoms with E-state index >= 15 is 0 Å². The van der Waals surface area contributed by atoms with Crippen LogP contribution < -0.4 is 5.32 Å².